The smallest absolute Gasteiger partial charge is 0.126 e. The van der Waals surface area contributed by atoms with Crippen LogP contribution in [0.4, 0.5) is 0 Å². The molecular weight excluding hydrogens is 290 g/mol. The molecule has 0 amide bonds. The van der Waals surface area contributed by atoms with Crippen LogP contribution in [-0.2, 0) is 4.74 Å². The molecule has 1 aliphatic carbocycles. The summed E-state index contributed by atoms with van der Waals surface area (Å²) < 4.78 is 11.0. The van der Waals surface area contributed by atoms with E-state index in [9.17, 15) is 0 Å². The van der Waals surface area contributed by atoms with E-state index < -0.39 is 0 Å². The van der Waals surface area contributed by atoms with Crippen molar-refractivity contribution in [2.24, 2.45) is 0 Å². The summed E-state index contributed by atoms with van der Waals surface area (Å²) in [5, 5.41) is 0. The van der Waals surface area contributed by atoms with Crippen LogP contribution in [0.2, 0.25) is 0 Å². The van der Waals surface area contributed by atoms with E-state index in [0.717, 1.165) is 42.6 Å². The fraction of sp³-hybridized carbons (Fsp3) is 0.500. The van der Waals surface area contributed by atoms with Gasteiger partial charge in [0, 0.05) is 18.2 Å². The Morgan fingerprint density at radius 2 is 2.26 bits per heavy atom. The molecule has 5 heteroatoms. The van der Waals surface area contributed by atoms with Gasteiger partial charge >= 0.3 is 0 Å². The number of morpholine rings is 1. The molecule has 1 aliphatic heterocycles. The molecule has 0 spiro atoms. The molecule has 1 N–H and O–H groups in total. The van der Waals surface area contributed by atoms with Gasteiger partial charge in [-0.3, -0.25) is 4.90 Å². The highest BCUT2D eigenvalue weighted by Crippen LogP contribution is 2.34. The maximum Gasteiger partial charge on any atom is 0.126 e. The Hall–Kier alpha value is -1.85. The molecule has 2 fully saturated rings. The molecule has 0 bridgehead atoms. The van der Waals surface area contributed by atoms with E-state index in [-0.39, 0.29) is 6.04 Å². The third-order valence-corrected chi connectivity index (χ3v) is 5.01. The number of nitrogens with one attached hydrogen (secondary N) is 1. The van der Waals surface area contributed by atoms with Crippen molar-refractivity contribution in [2.75, 3.05) is 26.9 Å². The molecule has 1 saturated heterocycles. The van der Waals surface area contributed by atoms with Crippen molar-refractivity contribution in [1.29, 1.82) is 0 Å². The number of benzene rings is 1. The van der Waals surface area contributed by atoms with E-state index in [2.05, 4.69) is 20.9 Å². The molecule has 2 aromatic rings. The molecule has 122 valence electrons. The Balaban J connectivity index is 1.58. The molecular formula is C18H23N3O2. The van der Waals surface area contributed by atoms with Gasteiger partial charge < -0.3 is 14.5 Å². The van der Waals surface area contributed by atoms with Crippen LogP contribution in [0.1, 0.15) is 31.1 Å². The average molecular weight is 313 g/mol. The minimum Gasteiger partial charge on any atom is -0.497 e. The number of rotatable bonds is 4. The van der Waals surface area contributed by atoms with Crippen molar-refractivity contribution in [2.45, 2.75) is 31.3 Å². The van der Waals surface area contributed by atoms with E-state index >= 15 is 0 Å². The molecule has 1 atom stereocenters. The highest BCUT2D eigenvalue weighted by Gasteiger charge is 2.34. The number of hydrogen-bond acceptors (Lipinski definition) is 4. The summed E-state index contributed by atoms with van der Waals surface area (Å²) in [6.07, 6.45) is 5.87. The molecule has 0 radical (unpaired) electrons. The number of ether oxygens (including phenoxy) is 2. The fourth-order valence-electron chi connectivity index (χ4n) is 3.45. The maximum absolute atomic E-state index is 5.72. The number of aromatic amines is 1. The topological polar surface area (TPSA) is 50.4 Å². The zero-order valence-corrected chi connectivity index (χ0v) is 13.5. The standard InChI is InChI=1S/C18H23N3O2/c1-22-15-7-2-4-13(10-15)16-11-19-18(20-16)17-12-23-9-8-21(17)14-5-3-6-14/h2,4,7,10-11,14,17H,3,5-6,8-9,12H2,1H3,(H,19,20). The quantitative estimate of drug-likeness (QED) is 0.943. The molecule has 1 saturated carbocycles. The Bertz CT molecular complexity index is 666. The lowest BCUT2D eigenvalue weighted by Gasteiger charge is -2.44. The van der Waals surface area contributed by atoms with Gasteiger partial charge in [-0.15, -0.1) is 0 Å². The second kappa shape index (κ2) is 6.34. The first-order valence-corrected chi connectivity index (χ1v) is 8.38. The number of imidazole rings is 1. The van der Waals surface area contributed by atoms with Gasteiger partial charge in [-0.25, -0.2) is 4.98 Å². The van der Waals surface area contributed by atoms with E-state index in [4.69, 9.17) is 9.47 Å². The van der Waals surface area contributed by atoms with Crippen LogP contribution in [0.3, 0.4) is 0 Å². The van der Waals surface area contributed by atoms with Gasteiger partial charge in [0.1, 0.15) is 11.6 Å². The van der Waals surface area contributed by atoms with Crippen LogP contribution < -0.4 is 4.74 Å². The second-order valence-electron chi connectivity index (χ2n) is 6.33. The summed E-state index contributed by atoms with van der Waals surface area (Å²) in [6.45, 7) is 2.56. The van der Waals surface area contributed by atoms with Crippen molar-refractivity contribution in [3.8, 4) is 17.0 Å². The third-order valence-electron chi connectivity index (χ3n) is 5.01. The van der Waals surface area contributed by atoms with E-state index in [1.165, 1.54) is 19.3 Å². The van der Waals surface area contributed by atoms with E-state index in [1.807, 2.05) is 24.4 Å². The number of aromatic nitrogens is 2. The highest BCUT2D eigenvalue weighted by atomic mass is 16.5. The summed E-state index contributed by atoms with van der Waals surface area (Å²) in [4.78, 5) is 10.7. The van der Waals surface area contributed by atoms with Crippen molar-refractivity contribution in [1.82, 2.24) is 14.9 Å². The predicted octanol–water partition coefficient (Wildman–Crippen LogP) is 3.01. The Labute approximate surface area is 136 Å². The number of methoxy groups -OCH3 is 1. The predicted molar refractivity (Wildman–Crippen MR) is 88.5 cm³/mol. The first kappa shape index (κ1) is 14.7. The summed E-state index contributed by atoms with van der Waals surface area (Å²) in [7, 11) is 1.69. The second-order valence-corrected chi connectivity index (χ2v) is 6.33. The molecule has 1 aromatic heterocycles. The summed E-state index contributed by atoms with van der Waals surface area (Å²) in [6, 6.07) is 8.99. The zero-order chi connectivity index (χ0) is 15.6. The fourth-order valence-corrected chi connectivity index (χ4v) is 3.45. The monoisotopic (exact) mass is 313 g/mol. The van der Waals surface area contributed by atoms with Crippen LogP contribution in [0.5, 0.6) is 5.75 Å². The van der Waals surface area contributed by atoms with Crippen LogP contribution >= 0.6 is 0 Å². The van der Waals surface area contributed by atoms with E-state index in [1.54, 1.807) is 7.11 Å². The van der Waals surface area contributed by atoms with Gasteiger partial charge in [0.15, 0.2) is 0 Å². The van der Waals surface area contributed by atoms with Gasteiger partial charge in [-0.2, -0.15) is 0 Å². The lowest BCUT2D eigenvalue weighted by atomic mass is 9.90. The molecule has 5 nitrogen and oxygen atoms in total. The Morgan fingerprint density at radius 3 is 3.04 bits per heavy atom. The van der Waals surface area contributed by atoms with Crippen LogP contribution in [-0.4, -0.2) is 47.8 Å². The largest absolute Gasteiger partial charge is 0.497 e. The van der Waals surface area contributed by atoms with Crippen molar-refractivity contribution in [3.05, 3.63) is 36.3 Å². The first-order chi connectivity index (χ1) is 11.3. The first-order valence-electron chi connectivity index (χ1n) is 8.38. The Morgan fingerprint density at radius 1 is 1.35 bits per heavy atom. The molecule has 4 rings (SSSR count). The van der Waals surface area contributed by atoms with Crippen molar-refractivity contribution >= 4 is 0 Å². The van der Waals surface area contributed by atoms with Gasteiger partial charge in [0.05, 0.1) is 38.3 Å². The average Bonchev–Trinajstić information content (AvgIpc) is 3.04. The number of H-pyrrole nitrogens is 1. The summed E-state index contributed by atoms with van der Waals surface area (Å²) in [5.74, 6) is 1.87. The van der Waals surface area contributed by atoms with E-state index in [0.29, 0.717) is 6.04 Å². The van der Waals surface area contributed by atoms with Crippen LogP contribution in [0, 0.1) is 0 Å². The molecule has 2 aliphatic rings. The van der Waals surface area contributed by atoms with Gasteiger partial charge in [0.2, 0.25) is 0 Å². The van der Waals surface area contributed by atoms with Crippen molar-refractivity contribution < 1.29 is 9.47 Å². The number of hydrogen-bond donors (Lipinski definition) is 1. The van der Waals surface area contributed by atoms with Crippen molar-refractivity contribution in [3.63, 3.8) is 0 Å². The summed E-state index contributed by atoms with van der Waals surface area (Å²) >= 11 is 0. The Kier molecular flexibility index (Phi) is 4.06. The zero-order valence-electron chi connectivity index (χ0n) is 13.5. The number of nitrogens with zero attached hydrogens (tertiary/aromatic N) is 2. The van der Waals surface area contributed by atoms with Crippen LogP contribution in [0.15, 0.2) is 30.5 Å². The van der Waals surface area contributed by atoms with Gasteiger partial charge in [-0.05, 0) is 25.0 Å². The lowest BCUT2D eigenvalue weighted by molar-refractivity contribution is -0.0494. The normalized spacial score (nSPS) is 22.7. The molecule has 23 heavy (non-hydrogen) atoms. The maximum atomic E-state index is 5.72. The third kappa shape index (κ3) is 2.86. The minimum atomic E-state index is 0.244. The minimum absolute atomic E-state index is 0.244. The molecule has 1 aromatic carbocycles. The SMILES string of the molecule is COc1cccc(-c2cnc(C3COCCN3C3CCC3)[nH]2)c1. The molecule has 2 heterocycles. The molecule has 1 unspecified atom stereocenters. The van der Waals surface area contributed by atoms with Gasteiger partial charge in [-0.1, -0.05) is 18.6 Å². The summed E-state index contributed by atoms with van der Waals surface area (Å²) in [5.41, 5.74) is 2.12. The van der Waals surface area contributed by atoms with Gasteiger partial charge in [0.25, 0.3) is 0 Å². The lowest BCUT2D eigenvalue weighted by Crippen LogP contribution is -2.48. The highest BCUT2D eigenvalue weighted by molar-refractivity contribution is 5.60. The van der Waals surface area contributed by atoms with Crippen LogP contribution in [0.25, 0.3) is 11.3 Å².